The minimum atomic E-state index is 0.921. The average Bonchev–Trinajstić information content (AvgIpc) is 3.43. The molecule has 2 aromatic heterocycles. The van der Waals surface area contributed by atoms with Crippen molar-refractivity contribution in [1.82, 2.24) is 9.13 Å². The highest BCUT2D eigenvalue weighted by atomic mass is 32.1. The van der Waals surface area contributed by atoms with Gasteiger partial charge in [-0.25, -0.2) is 0 Å². The molecule has 4 heteroatoms. The first kappa shape index (κ1) is 25.5. The Morgan fingerprint density at radius 2 is 1.11 bits per heavy atom. The van der Waals surface area contributed by atoms with Crippen LogP contribution < -0.4 is 0 Å². The number of thiol groups is 2. The molecule has 0 bridgehead atoms. The molecule has 0 fully saturated rings. The van der Waals surface area contributed by atoms with Crippen LogP contribution in [0.4, 0.5) is 0 Å². The first-order chi connectivity index (χ1) is 18.7. The highest BCUT2D eigenvalue weighted by molar-refractivity contribution is 7.80. The number of fused-ring (bicyclic) bond motifs is 7. The van der Waals surface area contributed by atoms with Crippen molar-refractivity contribution in [2.45, 2.75) is 52.6 Å². The number of benzene rings is 4. The van der Waals surface area contributed by atoms with Gasteiger partial charge in [-0.15, -0.1) is 0 Å². The van der Waals surface area contributed by atoms with Gasteiger partial charge in [0.1, 0.15) is 0 Å². The molecule has 0 saturated carbocycles. The van der Waals surface area contributed by atoms with E-state index in [9.17, 15) is 0 Å². The molecule has 4 aromatic carbocycles. The summed E-state index contributed by atoms with van der Waals surface area (Å²) in [6.07, 6.45) is 4.47. The van der Waals surface area contributed by atoms with Gasteiger partial charge in [0.15, 0.2) is 0 Å². The maximum absolute atomic E-state index is 4.52. The predicted octanol–water partition coefficient (Wildman–Crippen LogP) is 9.61. The van der Waals surface area contributed by atoms with Crippen molar-refractivity contribution in [3.8, 4) is 11.1 Å². The normalized spacial score (nSPS) is 12.0. The summed E-state index contributed by atoms with van der Waals surface area (Å²) in [6, 6.07) is 26.9. The number of unbranched alkanes of at least 4 members (excludes halogenated alkanes) is 2. The lowest BCUT2D eigenvalue weighted by Crippen LogP contribution is -2.03. The largest absolute Gasteiger partial charge is 0.340 e. The van der Waals surface area contributed by atoms with Gasteiger partial charge in [0.2, 0.25) is 0 Å². The summed E-state index contributed by atoms with van der Waals surface area (Å²) in [6.45, 7) is 6.60. The fourth-order valence-corrected chi connectivity index (χ4v) is 6.91. The monoisotopic (exact) mass is 536 g/mol. The lowest BCUT2D eigenvalue weighted by atomic mass is 9.90. The second-order valence-corrected chi connectivity index (χ2v) is 11.4. The van der Waals surface area contributed by atoms with E-state index >= 15 is 0 Å². The Hall–Kier alpha value is -2.82. The van der Waals surface area contributed by atoms with Crippen LogP contribution in [0.5, 0.6) is 0 Å². The van der Waals surface area contributed by atoms with Crippen LogP contribution >= 0.6 is 25.3 Å². The third-order valence-corrected chi connectivity index (χ3v) is 8.79. The minimum Gasteiger partial charge on any atom is -0.340 e. The Morgan fingerprint density at radius 1 is 0.579 bits per heavy atom. The number of aromatic nitrogens is 2. The highest BCUT2D eigenvalue weighted by Gasteiger charge is 2.25. The molecular weight excluding hydrogens is 501 g/mol. The molecule has 38 heavy (non-hydrogen) atoms. The van der Waals surface area contributed by atoms with E-state index in [2.05, 4.69) is 121 Å². The molecule has 0 aliphatic carbocycles. The molecule has 0 saturated heterocycles. The van der Waals surface area contributed by atoms with E-state index in [0.717, 1.165) is 50.3 Å². The third-order valence-electron chi connectivity index (χ3n) is 8.16. The molecule has 0 amide bonds. The summed E-state index contributed by atoms with van der Waals surface area (Å²) in [5.74, 6) is 1.85. The Kier molecular flexibility index (Phi) is 7.20. The fraction of sp³-hybridized carbons (Fsp3) is 0.294. The van der Waals surface area contributed by atoms with Crippen LogP contribution in [-0.4, -0.2) is 20.6 Å². The first-order valence-corrected chi connectivity index (χ1v) is 15.2. The average molecular weight is 537 g/mol. The van der Waals surface area contributed by atoms with Crippen LogP contribution in [0, 0.1) is 13.8 Å². The smallest absolute Gasteiger partial charge is 0.0596 e. The molecule has 0 atom stereocenters. The summed E-state index contributed by atoms with van der Waals surface area (Å²) >= 11 is 9.03. The van der Waals surface area contributed by atoms with Crippen molar-refractivity contribution in [2.24, 2.45) is 0 Å². The number of rotatable bonds is 9. The molecule has 2 heterocycles. The zero-order chi connectivity index (χ0) is 26.2. The van der Waals surface area contributed by atoms with E-state index in [4.69, 9.17) is 0 Å². The Labute approximate surface area is 236 Å². The van der Waals surface area contributed by atoms with Gasteiger partial charge in [0.25, 0.3) is 0 Å². The van der Waals surface area contributed by atoms with Gasteiger partial charge in [0.05, 0.1) is 11.0 Å². The van der Waals surface area contributed by atoms with Crippen LogP contribution in [0.1, 0.15) is 36.8 Å². The van der Waals surface area contributed by atoms with E-state index in [0.29, 0.717) is 0 Å². The van der Waals surface area contributed by atoms with Crippen molar-refractivity contribution in [3.05, 3.63) is 83.9 Å². The minimum absolute atomic E-state index is 0.921. The number of hydrogen-bond donors (Lipinski definition) is 2. The second kappa shape index (κ2) is 10.7. The van der Waals surface area contributed by atoms with Gasteiger partial charge in [-0.1, -0.05) is 60.7 Å². The Morgan fingerprint density at radius 3 is 1.71 bits per heavy atom. The lowest BCUT2D eigenvalue weighted by molar-refractivity contribution is 0.667. The molecular formula is C34H36N2S2. The predicted molar refractivity (Wildman–Crippen MR) is 174 cm³/mol. The van der Waals surface area contributed by atoms with E-state index in [1.54, 1.807) is 0 Å². The number of nitrogens with zero attached hydrogens (tertiary/aromatic N) is 2. The van der Waals surface area contributed by atoms with Crippen molar-refractivity contribution < 1.29 is 0 Å². The number of hydrogen-bond acceptors (Lipinski definition) is 2. The van der Waals surface area contributed by atoms with E-state index in [1.807, 2.05) is 0 Å². The van der Waals surface area contributed by atoms with Crippen LogP contribution in [-0.2, 0) is 13.1 Å². The number of para-hydroxylation sites is 2. The van der Waals surface area contributed by atoms with E-state index < -0.39 is 0 Å². The molecule has 194 valence electrons. The van der Waals surface area contributed by atoms with Crippen molar-refractivity contribution in [1.29, 1.82) is 0 Å². The van der Waals surface area contributed by atoms with Crippen molar-refractivity contribution >= 4 is 68.9 Å². The van der Waals surface area contributed by atoms with E-state index in [1.165, 1.54) is 65.9 Å². The van der Waals surface area contributed by atoms with Gasteiger partial charge >= 0.3 is 0 Å². The summed E-state index contributed by atoms with van der Waals surface area (Å²) < 4.78 is 5.22. The fourth-order valence-electron chi connectivity index (χ4n) is 6.46. The van der Waals surface area contributed by atoms with Crippen LogP contribution in [0.3, 0.4) is 0 Å². The van der Waals surface area contributed by atoms with Gasteiger partial charge in [0, 0.05) is 51.2 Å². The van der Waals surface area contributed by atoms with Crippen LogP contribution in [0.15, 0.2) is 72.8 Å². The van der Waals surface area contributed by atoms with Gasteiger partial charge in [-0.05, 0) is 79.9 Å². The molecule has 6 aromatic rings. The molecule has 0 radical (unpaired) electrons. The first-order valence-electron chi connectivity index (χ1n) is 13.9. The molecule has 0 N–H and O–H groups in total. The van der Waals surface area contributed by atoms with Crippen LogP contribution in [0.25, 0.3) is 54.7 Å². The summed E-state index contributed by atoms with van der Waals surface area (Å²) in [5.41, 5.74) is 10.8. The zero-order valence-electron chi connectivity index (χ0n) is 22.4. The summed E-state index contributed by atoms with van der Waals surface area (Å²) in [7, 11) is 0. The Balaban J connectivity index is 1.86. The topological polar surface area (TPSA) is 9.86 Å². The zero-order valence-corrected chi connectivity index (χ0v) is 24.2. The third kappa shape index (κ3) is 4.04. The SMILES string of the molecule is Cc1ccccc1-c1c(C)c2c3ccccc3n(CCCCS)c2c2c3ccccc3n(CCCCS)c12. The maximum Gasteiger partial charge on any atom is 0.0596 e. The van der Waals surface area contributed by atoms with Gasteiger partial charge in [-0.2, -0.15) is 25.3 Å². The Bertz CT molecular complexity index is 1770. The van der Waals surface area contributed by atoms with Crippen LogP contribution in [0.2, 0.25) is 0 Å². The van der Waals surface area contributed by atoms with Gasteiger partial charge in [-0.3, -0.25) is 0 Å². The summed E-state index contributed by atoms with van der Waals surface area (Å²) in [5, 5.41) is 5.50. The lowest BCUT2D eigenvalue weighted by Gasteiger charge is -2.18. The highest BCUT2D eigenvalue weighted by Crippen LogP contribution is 2.47. The van der Waals surface area contributed by atoms with Crippen molar-refractivity contribution in [2.75, 3.05) is 11.5 Å². The maximum atomic E-state index is 4.52. The summed E-state index contributed by atoms with van der Waals surface area (Å²) in [4.78, 5) is 0. The molecule has 6 rings (SSSR count). The number of aryl methyl sites for hydroxylation is 4. The molecule has 0 unspecified atom stereocenters. The van der Waals surface area contributed by atoms with Crippen molar-refractivity contribution in [3.63, 3.8) is 0 Å². The quantitative estimate of drug-likeness (QED) is 0.135. The molecule has 0 spiro atoms. The van der Waals surface area contributed by atoms with E-state index in [-0.39, 0.29) is 0 Å². The molecule has 0 aliphatic rings. The molecule has 0 aliphatic heterocycles. The second-order valence-electron chi connectivity index (χ2n) is 10.5. The van der Waals surface area contributed by atoms with Gasteiger partial charge < -0.3 is 9.13 Å². The standard InChI is InChI=1S/C34H36N2S2/c1-23-13-3-4-14-25(23)30-24(2)31-26-15-5-7-17-28(26)35(19-9-11-21-37)34(31)32-27-16-6-8-18-29(27)36(33(30)32)20-10-12-22-38/h3-8,13-18,37-38H,9-12,19-22H2,1-2H3. The molecule has 2 nitrogen and oxygen atoms in total.